The van der Waals surface area contributed by atoms with E-state index in [1.165, 1.54) is 31.4 Å². The maximum atomic E-state index is 14.3. The lowest BCUT2D eigenvalue weighted by atomic mass is 9.80. The summed E-state index contributed by atoms with van der Waals surface area (Å²) in [5.74, 6) is -5.39. The van der Waals surface area contributed by atoms with Gasteiger partial charge in [0.1, 0.15) is 5.75 Å². The van der Waals surface area contributed by atoms with Crippen LogP contribution in [0, 0.1) is 0 Å². The van der Waals surface area contributed by atoms with E-state index >= 15 is 0 Å². The molecule has 1 unspecified atom stereocenters. The zero-order chi connectivity index (χ0) is 18.2. The van der Waals surface area contributed by atoms with Crippen molar-refractivity contribution in [1.82, 2.24) is 0 Å². The van der Waals surface area contributed by atoms with E-state index in [2.05, 4.69) is 15.9 Å². The van der Waals surface area contributed by atoms with E-state index < -0.39 is 28.8 Å². The second-order valence-electron chi connectivity index (χ2n) is 5.02. The van der Waals surface area contributed by atoms with Crippen molar-refractivity contribution in [3.63, 3.8) is 0 Å². The molecule has 2 aromatic rings. The van der Waals surface area contributed by atoms with Crippen LogP contribution in [0.2, 0.25) is 0 Å². The molecule has 0 radical (unpaired) electrons. The average molecular weight is 411 g/mol. The molecule has 0 amide bonds. The Morgan fingerprint density at radius 2 is 1.50 bits per heavy atom. The normalized spacial score (nSPS) is 15.0. The number of hydrogen-bond donors (Lipinski definition) is 1. The zero-order valence-electron chi connectivity index (χ0n) is 12.2. The maximum absolute atomic E-state index is 14.3. The standard InChI is InChI=1S/C16H12BrF5O2/c1-24-13-4-2-3-11(9-13)14(23,15(18,19)16(20,21)22)10-5-7-12(17)8-6-10/h2-9,23H,1H3. The minimum absolute atomic E-state index is 0.0426. The number of ether oxygens (including phenoxy) is 1. The zero-order valence-corrected chi connectivity index (χ0v) is 13.8. The molecule has 0 aliphatic rings. The largest absolute Gasteiger partial charge is 0.497 e. The van der Waals surface area contributed by atoms with Gasteiger partial charge in [0.15, 0.2) is 5.60 Å². The van der Waals surface area contributed by atoms with Crippen LogP contribution in [-0.4, -0.2) is 24.3 Å². The van der Waals surface area contributed by atoms with E-state index in [4.69, 9.17) is 4.74 Å². The second kappa shape index (κ2) is 6.33. The van der Waals surface area contributed by atoms with Gasteiger partial charge in [0.2, 0.25) is 0 Å². The van der Waals surface area contributed by atoms with E-state index in [1.807, 2.05) is 0 Å². The summed E-state index contributed by atoms with van der Waals surface area (Å²) in [6.45, 7) is 0. The third kappa shape index (κ3) is 3.00. The fourth-order valence-electron chi connectivity index (χ4n) is 2.27. The van der Waals surface area contributed by atoms with E-state index in [0.717, 1.165) is 24.3 Å². The van der Waals surface area contributed by atoms with Gasteiger partial charge in [-0.25, -0.2) is 0 Å². The van der Waals surface area contributed by atoms with E-state index in [0.29, 0.717) is 4.47 Å². The highest BCUT2D eigenvalue weighted by Crippen LogP contribution is 2.52. The lowest BCUT2D eigenvalue weighted by Gasteiger charge is -2.37. The number of rotatable bonds is 4. The predicted molar refractivity (Wildman–Crippen MR) is 81.1 cm³/mol. The molecular formula is C16H12BrF5O2. The summed E-state index contributed by atoms with van der Waals surface area (Å²) in [6, 6.07) is 9.08. The summed E-state index contributed by atoms with van der Waals surface area (Å²) in [5.41, 5.74) is -4.84. The van der Waals surface area contributed by atoms with Gasteiger partial charge in [0.05, 0.1) is 7.11 Å². The number of alkyl halides is 5. The van der Waals surface area contributed by atoms with E-state index in [-0.39, 0.29) is 5.75 Å². The monoisotopic (exact) mass is 410 g/mol. The summed E-state index contributed by atoms with van der Waals surface area (Å²) in [7, 11) is 1.24. The number of methoxy groups -OCH3 is 1. The quantitative estimate of drug-likeness (QED) is 0.727. The Kier molecular flexibility index (Phi) is 4.92. The van der Waals surface area contributed by atoms with Crippen LogP contribution in [0.3, 0.4) is 0 Å². The minimum Gasteiger partial charge on any atom is -0.497 e. The minimum atomic E-state index is -5.96. The van der Waals surface area contributed by atoms with Crippen LogP contribution in [0.15, 0.2) is 53.0 Å². The molecule has 1 N–H and O–H groups in total. The topological polar surface area (TPSA) is 29.5 Å². The molecule has 2 nitrogen and oxygen atoms in total. The lowest BCUT2D eigenvalue weighted by molar-refractivity contribution is -0.336. The van der Waals surface area contributed by atoms with Crippen LogP contribution in [0.4, 0.5) is 22.0 Å². The van der Waals surface area contributed by atoms with Gasteiger partial charge in [0, 0.05) is 4.47 Å². The van der Waals surface area contributed by atoms with Crippen molar-refractivity contribution in [3.05, 3.63) is 64.1 Å². The van der Waals surface area contributed by atoms with Crippen LogP contribution >= 0.6 is 15.9 Å². The molecule has 8 heteroatoms. The Morgan fingerprint density at radius 3 is 2.00 bits per heavy atom. The highest BCUT2D eigenvalue weighted by Gasteiger charge is 2.71. The van der Waals surface area contributed by atoms with Crippen molar-refractivity contribution in [1.29, 1.82) is 0 Å². The van der Waals surface area contributed by atoms with Crippen molar-refractivity contribution in [2.75, 3.05) is 7.11 Å². The number of benzene rings is 2. The molecule has 24 heavy (non-hydrogen) atoms. The molecule has 0 spiro atoms. The molecular weight excluding hydrogens is 399 g/mol. The first-order valence-electron chi connectivity index (χ1n) is 6.61. The molecule has 0 aliphatic heterocycles. The van der Waals surface area contributed by atoms with Crippen molar-refractivity contribution >= 4 is 15.9 Å². The first-order chi connectivity index (χ1) is 11.0. The Bertz CT molecular complexity index is 715. The van der Waals surface area contributed by atoms with Gasteiger partial charge in [-0.15, -0.1) is 0 Å². The van der Waals surface area contributed by atoms with Crippen molar-refractivity contribution < 1.29 is 31.8 Å². The average Bonchev–Trinajstić information content (AvgIpc) is 2.53. The summed E-state index contributed by atoms with van der Waals surface area (Å²) in [5, 5.41) is 10.6. The molecule has 0 fully saturated rings. The first-order valence-corrected chi connectivity index (χ1v) is 7.41. The molecule has 0 bridgehead atoms. The number of hydrogen-bond acceptors (Lipinski definition) is 2. The smallest absolute Gasteiger partial charge is 0.457 e. The van der Waals surface area contributed by atoms with Crippen LogP contribution in [-0.2, 0) is 5.60 Å². The molecule has 2 rings (SSSR count). The van der Waals surface area contributed by atoms with Crippen LogP contribution in [0.1, 0.15) is 11.1 Å². The van der Waals surface area contributed by atoms with Gasteiger partial charge in [0.25, 0.3) is 0 Å². The molecule has 2 aromatic carbocycles. The summed E-state index contributed by atoms with van der Waals surface area (Å²) >= 11 is 3.07. The molecule has 0 saturated carbocycles. The van der Waals surface area contributed by atoms with Gasteiger partial charge in [-0.2, -0.15) is 22.0 Å². The third-order valence-electron chi connectivity index (χ3n) is 3.56. The van der Waals surface area contributed by atoms with E-state index in [9.17, 15) is 27.1 Å². The first kappa shape index (κ1) is 18.7. The predicted octanol–water partition coefficient (Wildman–Crippen LogP) is 4.89. The molecule has 0 heterocycles. The van der Waals surface area contributed by atoms with Gasteiger partial charge in [-0.05, 0) is 35.4 Å². The second-order valence-corrected chi connectivity index (χ2v) is 5.94. The van der Waals surface area contributed by atoms with Gasteiger partial charge >= 0.3 is 12.1 Å². The molecule has 0 saturated heterocycles. The summed E-state index contributed by atoms with van der Waals surface area (Å²) in [4.78, 5) is 0. The van der Waals surface area contributed by atoms with Crippen LogP contribution in [0.25, 0.3) is 0 Å². The Labute approximate surface area is 143 Å². The number of aliphatic hydroxyl groups is 1. The maximum Gasteiger partial charge on any atom is 0.457 e. The van der Waals surface area contributed by atoms with Crippen LogP contribution < -0.4 is 4.74 Å². The Morgan fingerprint density at radius 1 is 0.917 bits per heavy atom. The van der Waals surface area contributed by atoms with Crippen molar-refractivity contribution in [2.24, 2.45) is 0 Å². The lowest BCUT2D eigenvalue weighted by Crippen LogP contribution is -2.55. The van der Waals surface area contributed by atoms with Gasteiger partial charge in [-0.1, -0.05) is 40.2 Å². The van der Waals surface area contributed by atoms with Gasteiger partial charge < -0.3 is 9.84 Å². The van der Waals surface area contributed by atoms with Gasteiger partial charge in [-0.3, -0.25) is 0 Å². The fourth-order valence-corrected chi connectivity index (χ4v) is 2.54. The molecule has 130 valence electrons. The summed E-state index contributed by atoms with van der Waals surface area (Å²) < 4.78 is 72.9. The molecule has 0 aromatic heterocycles. The molecule has 1 atom stereocenters. The van der Waals surface area contributed by atoms with Crippen LogP contribution in [0.5, 0.6) is 5.75 Å². The highest BCUT2D eigenvalue weighted by atomic mass is 79.9. The summed E-state index contributed by atoms with van der Waals surface area (Å²) in [6.07, 6.45) is -5.96. The molecule has 0 aliphatic carbocycles. The highest BCUT2D eigenvalue weighted by molar-refractivity contribution is 9.10. The third-order valence-corrected chi connectivity index (χ3v) is 4.09. The fraction of sp³-hybridized carbons (Fsp3) is 0.250. The SMILES string of the molecule is COc1cccc(C(O)(c2ccc(Br)cc2)C(F)(F)C(F)(F)F)c1. The van der Waals surface area contributed by atoms with E-state index in [1.54, 1.807) is 0 Å². The Balaban J connectivity index is 2.76. The van der Waals surface area contributed by atoms with Crippen molar-refractivity contribution in [2.45, 2.75) is 17.7 Å². The number of halogens is 6. The Hall–Kier alpha value is -1.67. The van der Waals surface area contributed by atoms with Crippen molar-refractivity contribution in [3.8, 4) is 5.75 Å².